The fraction of sp³-hybridized carbons (Fsp3) is 1.00. The first-order chi connectivity index (χ1) is 5.06. The number of rotatable bonds is 6. The molecular weight excluding hydrogens is 178 g/mol. The average Bonchev–Trinajstić information content (AvgIpc) is 1.85. The minimum Gasteiger partial charge on any atom is -0.112 e. The average molecular weight is 195 g/mol. The standard InChI is InChI=1S/C8H17BCl2/c1-2-3-4-5-6-7-8(9,10)11/h2-7,9H2,1H3. The van der Waals surface area contributed by atoms with Crippen molar-refractivity contribution < 1.29 is 0 Å². The maximum atomic E-state index is 5.81. The molecule has 0 bridgehead atoms. The number of hydrogen-bond donors (Lipinski definition) is 0. The fourth-order valence-electron chi connectivity index (χ4n) is 1.04. The molecular formula is C8H17BCl2. The van der Waals surface area contributed by atoms with Gasteiger partial charge in [0, 0.05) is 0 Å². The van der Waals surface area contributed by atoms with Gasteiger partial charge in [-0.05, 0) is 6.42 Å². The molecule has 3 heteroatoms. The minimum atomic E-state index is -0.508. The monoisotopic (exact) mass is 194 g/mol. The van der Waals surface area contributed by atoms with Crippen molar-refractivity contribution in [3.05, 3.63) is 0 Å². The van der Waals surface area contributed by atoms with E-state index in [1.807, 2.05) is 7.85 Å². The van der Waals surface area contributed by atoms with E-state index in [9.17, 15) is 0 Å². The van der Waals surface area contributed by atoms with E-state index in [-0.39, 0.29) is 0 Å². The van der Waals surface area contributed by atoms with Crippen LogP contribution in [0.2, 0.25) is 0 Å². The Kier molecular flexibility index (Phi) is 6.56. The molecule has 0 heterocycles. The summed E-state index contributed by atoms with van der Waals surface area (Å²) in [5.41, 5.74) is 0. The SMILES string of the molecule is BC(Cl)(Cl)CCCCCCC. The number of alkyl halides is 2. The molecule has 0 amide bonds. The maximum absolute atomic E-state index is 5.81. The van der Waals surface area contributed by atoms with Gasteiger partial charge in [0.1, 0.15) is 7.85 Å². The van der Waals surface area contributed by atoms with Gasteiger partial charge in [-0.3, -0.25) is 0 Å². The van der Waals surface area contributed by atoms with Gasteiger partial charge in [-0.25, -0.2) is 0 Å². The third-order valence-electron chi connectivity index (χ3n) is 1.72. The van der Waals surface area contributed by atoms with Crippen LogP contribution < -0.4 is 0 Å². The van der Waals surface area contributed by atoms with Gasteiger partial charge in [0.25, 0.3) is 0 Å². The van der Waals surface area contributed by atoms with E-state index >= 15 is 0 Å². The summed E-state index contributed by atoms with van der Waals surface area (Å²) < 4.78 is -0.508. The lowest BCUT2D eigenvalue weighted by atomic mass is 9.96. The molecule has 0 aliphatic heterocycles. The normalized spacial score (nSPS) is 11.9. The Morgan fingerprint density at radius 2 is 1.64 bits per heavy atom. The van der Waals surface area contributed by atoms with Gasteiger partial charge in [-0.1, -0.05) is 39.0 Å². The van der Waals surface area contributed by atoms with Gasteiger partial charge in [0.05, 0.1) is 4.23 Å². The molecule has 0 aromatic heterocycles. The molecule has 0 radical (unpaired) electrons. The van der Waals surface area contributed by atoms with Crippen molar-refractivity contribution in [1.29, 1.82) is 0 Å². The molecule has 0 aliphatic rings. The molecule has 0 saturated carbocycles. The molecule has 0 aromatic carbocycles. The first kappa shape index (κ1) is 11.6. The van der Waals surface area contributed by atoms with E-state index in [2.05, 4.69) is 6.92 Å². The second-order valence-corrected chi connectivity index (χ2v) is 5.10. The highest BCUT2D eigenvalue weighted by Gasteiger charge is 2.14. The molecule has 0 N–H and O–H groups in total. The molecule has 11 heavy (non-hydrogen) atoms. The van der Waals surface area contributed by atoms with E-state index in [0.29, 0.717) is 0 Å². The van der Waals surface area contributed by atoms with Crippen molar-refractivity contribution in [3.63, 3.8) is 0 Å². The lowest BCUT2D eigenvalue weighted by Gasteiger charge is -2.11. The summed E-state index contributed by atoms with van der Waals surface area (Å²) in [5, 5.41) is 0. The van der Waals surface area contributed by atoms with Crippen LogP contribution in [0.4, 0.5) is 0 Å². The zero-order chi connectivity index (χ0) is 8.74. The molecule has 0 rings (SSSR count). The number of halogens is 2. The van der Waals surface area contributed by atoms with Crippen LogP contribution in [-0.4, -0.2) is 12.1 Å². The quantitative estimate of drug-likeness (QED) is 0.347. The summed E-state index contributed by atoms with van der Waals surface area (Å²) in [4.78, 5) is 0. The van der Waals surface area contributed by atoms with Crippen molar-refractivity contribution in [2.75, 3.05) is 0 Å². The Bertz CT molecular complexity index is 88.6. The van der Waals surface area contributed by atoms with Gasteiger partial charge >= 0.3 is 0 Å². The topological polar surface area (TPSA) is 0 Å². The van der Waals surface area contributed by atoms with Crippen molar-refractivity contribution in [2.24, 2.45) is 0 Å². The Labute approximate surface area is 81.1 Å². The van der Waals surface area contributed by atoms with Gasteiger partial charge in [-0.15, -0.1) is 23.2 Å². The van der Waals surface area contributed by atoms with Crippen LogP contribution in [0.1, 0.15) is 45.4 Å². The summed E-state index contributed by atoms with van der Waals surface area (Å²) in [6, 6.07) is 0. The first-order valence-corrected chi connectivity index (χ1v) is 5.19. The molecule has 66 valence electrons. The van der Waals surface area contributed by atoms with Crippen molar-refractivity contribution >= 4 is 31.0 Å². The van der Waals surface area contributed by atoms with E-state index in [0.717, 1.165) is 12.8 Å². The van der Waals surface area contributed by atoms with Crippen LogP contribution in [0.15, 0.2) is 0 Å². The van der Waals surface area contributed by atoms with Crippen LogP contribution in [-0.2, 0) is 0 Å². The summed E-state index contributed by atoms with van der Waals surface area (Å²) in [7, 11) is 1.86. The predicted octanol–water partition coefficient (Wildman–Crippen LogP) is 3.11. The van der Waals surface area contributed by atoms with E-state index in [1.165, 1.54) is 25.7 Å². The molecule has 0 nitrogen and oxygen atoms in total. The van der Waals surface area contributed by atoms with E-state index in [4.69, 9.17) is 23.2 Å². The molecule has 0 unspecified atom stereocenters. The number of hydrogen-bond acceptors (Lipinski definition) is 0. The Balaban J connectivity index is 3.02. The first-order valence-electron chi connectivity index (χ1n) is 4.44. The molecule has 0 atom stereocenters. The van der Waals surface area contributed by atoms with Crippen LogP contribution in [0.25, 0.3) is 0 Å². The predicted molar refractivity (Wildman–Crippen MR) is 56.4 cm³/mol. The van der Waals surface area contributed by atoms with Crippen LogP contribution in [0.5, 0.6) is 0 Å². The highest BCUT2D eigenvalue weighted by Crippen LogP contribution is 2.23. The van der Waals surface area contributed by atoms with E-state index in [1.54, 1.807) is 0 Å². The van der Waals surface area contributed by atoms with Gasteiger partial charge < -0.3 is 0 Å². The highest BCUT2D eigenvalue weighted by molar-refractivity contribution is 6.65. The Morgan fingerprint density at radius 3 is 2.09 bits per heavy atom. The van der Waals surface area contributed by atoms with Gasteiger partial charge in [0.2, 0.25) is 0 Å². The van der Waals surface area contributed by atoms with Crippen LogP contribution >= 0.6 is 23.2 Å². The van der Waals surface area contributed by atoms with Crippen molar-refractivity contribution in [2.45, 2.75) is 49.7 Å². The van der Waals surface area contributed by atoms with Crippen molar-refractivity contribution in [3.8, 4) is 0 Å². The maximum Gasteiger partial charge on any atom is 0.148 e. The second kappa shape index (κ2) is 6.19. The molecule has 0 aliphatic carbocycles. The summed E-state index contributed by atoms with van der Waals surface area (Å²) in [5.74, 6) is 0. The zero-order valence-electron chi connectivity index (χ0n) is 7.50. The fourth-order valence-corrected chi connectivity index (χ4v) is 1.31. The molecule has 0 aromatic rings. The summed E-state index contributed by atoms with van der Waals surface area (Å²) in [6.45, 7) is 2.22. The summed E-state index contributed by atoms with van der Waals surface area (Å²) >= 11 is 11.6. The number of unbranched alkanes of at least 4 members (excludes halogenated alkanes) is 4. The lowest BCUT2D eigenvalue weighted by molar-refractivity contribution is 0.612. The lowest BCUT2D eigenvalue weighted by Crippen LogP contribution is -2.11. The highest BCUT2D eigenvalue weighted by atomic mass is 35.5. The molecule has 0 saturated heterocycles. The minimum absolute atomic E-state index is 0.508. The summed E-state index contributed by atoms with van der Waals surface area (Å²) in [6.07, 6.45) is 7.28. The van der Waals surface area contributed by atoms with E-state index < -0.39 is 4.23 Å². The van der Waals surface area contributed by atoms with Crippen molar-refractivity contribution in [1.82, 2.24) is 0 Å². The van der Waals surface area contributed by atoms with Crippen LogP contribution in [0.3, 0.4) is 0 Å². The smallest absolute Gasteiger partial charge is 0.112 e. The third-order valence-corrected chi connectivity index (χ3v) is 2.10. The third kappa shape index (κ3) is 10.6. The Morgan fingerprint density at radius 1 is 1.09 bits per heavy atom. The van der Waals surface area contributed by atoms with Crippen LogP contribution in [0, 0.1) is 0 Å². The zero-order valence-corrected chi connectivity index (χ0v) is 9.01. The molecule has 0 fully saturated rings. The van der Waals surface area contributed by atoms with Gasteiger partial charge in [0.15, 0.2) is 0 Å². The van der Waals surface area contributed by atoms with Gasteiger partial charge in [-0.2, -0.15) is 0 Å². The Hall–Kier alpha value is 0.645. The second-order valence-electron chi connectivity index (χ2n) is 3.23. The molecule has 0 spiro atoms. The largest absolute Gasteiger partial charge is 0.148 e.